The summed E-state index contributed by atoms with van der Waals surface area (Å²) in [6.07, 6.45) is 0. The van der Waals surface area contributed by atoms with Crippen molar-refractivity contribution in [1.29, 1.82) is 0 Å². The van der Waals surface area contributed by atoms with Gasteiger partial charge in [0.2, 0.25) is 0 Å². The second-order valence-electron chi connectivity index (χ2n) is 4.08. The summed E-state index contributed by atoms with van der Waals surface area (Å²) >= 11 is 0. The fraction of sp³-hybridized carbons (Fsp3) is 0.500. The van der Waals surface area contributed by atoms with E-state index in [0.717, 1.165) is 30.0 Å². The molecule has 0 heterocycles. The number of nitrogens with zero attached hydrogens (tertiary/aromatic N) is 1. The third-order valence-electron chi connectivity index (χ3n) is 2.86. The van der Waals surface area contributed by atoms with Crippen LogP contribution in [0.3, 0.4) is 0 Å². The summed E-state index contributed by atoms with van der Waals surface area (Å²) in [4.78, 5) is 13.6. The van der Waals surface area contributed by atoms with E-state index in [1.54, 1.807) is 4.90 Å². The predicted octanol–water partition coefficient (Wildman–Crippen LogP) is 2.55. The lowest BCUT2D eigenvalue weighted by molar-refractivity contribution is -0.132. The van der Waals surface area contributed by atoms with Gasteiger partial charge in [-0.25, -0.2) is 0 Å². The molecule has 3 nitrogen and oxygen atoms in total. The van der Waals surface area contributed by atoms with Crippen LogP contribution in [0.4, 0.5) is 0 Å². The second kappa shape index (κ2) is 6.28. The molecule has 3 heteroatoms. The summed E-state index contributed by atoms with van der Waals surface area (Å²) < 4.78 is 5.62. The summed E-state index contributed by atoms with van der Waals surface area (Å²) in [7, 11) is 0. The number of benzene rings is 1. The Morgan fingerprint density at radius 1 is 1.18 bits per heavy atom. The first-order valence-corrected chi connectivity index (χ1v) is 6.06. The summed E-state index contributed by atoms with van der Waals surface area (Å²) in [6, 6.07) is 5.97. The van der Waals surface area contributed by atoms with Gasteiger partial charge in [0.25, 0.3) is 5.91 Å². The third kappa shape index (κ3) is 3.48. The molecule has 0 saturated carbocycles. The van der Waals surface area contributed by atoms with Crippen molar-refractivity contribution in [2.75, 3.05) is 19.7 Å². The van der Waals surface area contributed by atoms with Gasteiger partial charge in [0.1, 0.15) is 5.75 Å². The van der Waals surface area contributed by atoms with Crippen LogP contribution in [0.5, 0.6) is 5.75 Å². The normalized spacial score (nSPS) is 10.1. The lowest BCUT2D eigenvalue weighted by Crippen LogP contribution is -2.34. The van der Waals surface area contributed by atoms with E-state index in [1.807, 2.05) is 45.9 Å². The van der Waals surface area contributed by atoms with Crippen LogP contribution in [0.15, 0.2) is 18.2 Å². The first-order chi connectivity index (χ1) is 8.10. The van der Waals surface area contributed by atoms with Crippen LogP contribution in [0.1, 0.15) is 25.0 Å². The van der Waals surface area contributed by atoms with Gasteiger partial charge in [-0.05, 0) is 38.8 Å². The van der Waals surface area contributed by atoms with Crippen molar-refractivity contribution in [2.24, 2.45) is 0 Å². The molecule has 1 rings (SSSR count). The smallest absolute Gasteiger partial charge is 0.260 e. The Kier molecular flexibility index (Phi) is 5.01. The Labute approximate surface area is 103 Å². The molecule has 0 aromatic heterocycles. The van der Waals surface area contributed by atoms with Crippen molar-refractivity contribution in [3.05, 3.63) is 29.3 Å². The molecule has 0 spiro atoms. The molecule has 0 atom stereocenters. The summed E-state index contributed by atoms with van der Waals surface area (Å²) in [5.74, 6) is 0.866. The number of hydrogen-bond donors (Lipinski definition) is 0. The minimum absolute atomic E-state index is 0.0395. The van der Waals surface area contributed by atoms with Gasteiger partial charge in [0, 0.05) is 13.1 Å². The van der Waals surface area contributed by atoms with Crippen molar-refractivity contribution in [1.82, 2.24) is 4.90 Å². The molecule has 0 saturated heterocycles. The van der Waals surface area contributed by atoms with Crippen LogP contribution in [0.25, 0.3) is 0 Å². The molecule has 0 fully saturated rings. The Bertz CT molecular complexity index is 364. The molecule has 17 heavy (non-hydrogen) atoms. The number of amides is 1. The molecule has 94 valence electrons. The van der Waals surface area contributed by atoms with Crippen molar-refractivity contribution in [3.8, 4) is 5.75 Å². The molecule has 0 radical (unpaired) electrons. The van der Waals surface area contributed by atoms with Gasteiger partial charge in [0.05, 0.1) is 0 Å². The van der Waals surface area contributed by atoms with Gasteiger partial charge in [-0.1, -0.05) is 18.2 Å². The number of ether oxygens (including phenoxy) is 1. The minimum atomic E-state index is 0.0395. The van der Waals surface area contributed by atoms with Crippen LogP contribution >= 0.6 is 0 Å². The average molecular weight is 235 g/mol. The van der Waals surface area contributed by atoms with Crippen LogP contribution in [-0.4, -0.2) is 30.5 Å². The molecular weight excluding hydrogens is 214 g/mol. The van der Waals surface area contributed by atoms with E-state index in [0.29, 0.717) is 0 Å². The number of carbonyl (C=O) groups excluding carboxylic acids is 1. The summed E-state index contributed by atoms with van der Waals surface area (Å²) in [6.45, 7) is 9.50. The van der Waals surface area contributed by atoms with Crippen LogP contribution in [0, 0.1) is 13.8 Å². The zero-order valence-electron chi connectivity index (χ0n) is 11.1. The Morgan fingerprint density at radius 2 is 1.71 bits per heavy atom. The zero-order chi connectivity index (χ0) is 12.8. The van der Waals surface area contributed by atoms with E-state index in [4.69, 9.17) is 4.74 Å². The van der Waals surface area contributed by atoms with Gasteiger partial charge < -0.3 is 9.64 Å². The number of carbonyl (C=O) groups is 1. The van der Waals surface area contributed by atoms with Gasteiger partial charge in [0.15, 0.2) is 6.61 Å². The van der Waals surface area contributed by atoms with E-state index in [2.05, 4.69) is 0 Å². The monoisotopic (exact) mass is 235 g/mol. The number of aryl methyl sites for hydroxylation is 2. The first kappa shape index (κ1) is 13.6. The highest BCUT2D eigenvalue weighted by Gasteiger charge is 2.11. The van der Waals surface area contributed by atoms with Crippen molar-refractivity contribution < 1.29 is 9.53 Å². The predicted molar refractivity (Wildman–Crippen MR) is 69.3 cm³/mol. The standard InChI is InChI=1S/C14H21NO2/c1-5-15(6-2)13(16)10-17-14-11(3)8-7-9-12(14)4/h7-9H,5-6,10H2,1-4H3. The van der Waals surface area contributed by atoms with Crippen LogP contribution in [0.2, 0.25) is 0 Å². The molecule has 0 aliphatic rings. The van der Waals surface area contributed by atoms with Gasteiger partial charge in [-0.2, -0.15) is 0 Å². The molecule has 0 bridgehead atoms. The number of rotatable bonds is 5. The zero-order valence-corrected chi connectivity index (χ0v) is 11.1. The van der Waals surface area contributed by atoms with Gasteiger partial charge >= 0.3 is 0 Å². The quantitative estimate of drug-likeness (QED) is 0.785. The lowest BCUT2D eigenvalue weighted by Gasteiger charge is -2.19. The molecule has 0 aliphatic carbocycles. The number of para-hydroxylation sites is 1. The molecule has 0 unspecified atom stereocenters. The largest absolute Gasteiger partial charge is 0.483 e. The lowest BCUT2D eigenvalue weighted by atomic mass is 10.1. The highest BCUT2D eigenvalue weighted by Crippen LogP contribution is 2.22. The van der Waals surface area contributed by atoms with Crippen LogP contribution < -0.4 is 4.74 Å². The van der Waals surface area contributed by atoms with E-state index >= 15 is 0 Å². The molecule has 1 aromatic carbocycles. The van der Waals surface area contributed by atoms with E-state index in [1.165, 1.54) is 0 Å². The minimum Gasteiger partial charge on any atom is -0.483 e. The molecule has 0 N–H and O–H groups in total. The average Bonchev–Trinajstić information content (AvgIpc) is 2.30. The third-order valence-corrected chi connectivity index (χ3v) is 2.86. The van der Waals surface area contributed by atoms with E-state index < -0.39 is 0 Å². The number of likely N-dealkylation sites (N-methyl/N-ethyl adjacent to an activating group) is 1. The first-order valence-electron chi connectivity index (χ1n) is 6.06. The highest BCUT2D eigenvalue weighted by molar-refractivity contribution is 5.77. The molecular formula is C14H21NO2. The Balaban J connectivity index is 2.64. The SMILES string of the molecule is CCN(CC)C(=O)COc1c(C)cccc1C. The Hall–Kier alpha value is -1.51. The maximum Gasteiger partial charge on any atom is 0.260 e. The Morgan fingerprint density at radius 3 is 2.18 bits per heavy atom. The van der Waals surface area contributed by atoms with Gasteiger partial charge in [-0.15, -0.1) is 0 Å². The maximum atomic E-state index is 11.8. The summed E-state index contributed by atoms with van der Waals surface area (Å²) in [5.41, 5.74) is 2.13. The van der Waals surface area contributed by atoms with Gasteiger partial charge in [-0.3, -0.25) is 4.79 Å². The second-order valence-corrected chi connectivity index (χ2v) is 4.08. The van der Waals surface area contributed by atoms with Crippen molar-refractivity contribution in [3.63, 3.8) is 0 Å². The molecule has 0 aliphatic heterocycles. The van der Waals surface area contributed by atoms with E-state index in [-0.39, 0.29) is 12.5 Å². The van der Waals surface area contributed by atoms with E-state index in [9.17, 15) is 4.79 Å². The number of hydrogen-bond acceptors (Lipinski definition) is 2. The maximum absolute atomic E-state index is 11.8. The molecule has 1 aromatic rings. The topological polar surface area (TPSA) is 29.5 Å². The summed E-state index contributed by atoms with van der Waals surface area (Å²) in [5, 5.41) is 0. The highest BCUT2D eigenvalue weighted by atomic mass is 16.5. The fourth-order valence-electron chi connectivity index (χ4n) is 1.83. The van der Waals surface area contributed by atoms with Crippen LogP contribution in [-0.2, 0) is 4.79 Å². The van der Waals surface area contributed by atoms with Crippen molar-refractivity contribution >= 4 is 5.91 Å². The fourth-order valence-corrected chi connectivity index (χ4v) is 1.83. The van der Waals surface area contributed by atoms with Crippen molar-refractivity contribution in [2.45, 2.75) is 27.7 Å². The molecule has 1 amide bonds.